The lowest BCUT2D eigenvalue weighted by Gasteiger charge is -2.08. The van der Waals surface area contributed by atoms with Crippen molar-refractivity contribution in [1.82, 2.24) is 0 Å². The molecule has 140 valence electrons. The maximum Gasteiger partial charge on any atom is 0.339 e. The van der Waals surface area contributed by atoms with Crippen LogP contribution in [-0.4, -0.2) is 29.7 Å². The Bertz CT molecular complexity index is 1140. The predicted octanol–water partition coefficient (Wildman–Crippen LogP) is 3.98. The summed E-state index contributed by atoms with van der Waals surface area (Å²) in [4.78, 5) is 11.3. The van der Waals surface area contributed by atoms with Crippen molar-refractivity contribution < 1.29 is 28.5 Å². The highest BCUT2D eigenvalue weighted by molar-refractivity contribution is 7.94. The van der Waals surface area contributed by atoms with Crippen LogP contribution < -0.4 is 4.72 Å². The van der Waals surface area contributed by atoms with Gasteiger partial charge in [0, 0.05) is 11.6 Å². The minimum absolute atomic E-state index is 0.00821. The monoisotopic (exact) mass is 425 g/mol. The number of anilines is 1. The first-order valence-electron chi connectivity index (χ1n) is 7.36. The van der Waals surface area contributed by atoms with Crippen molar-refractivity contribution in [2.45, 2.75) is 4.21 Å². The molecule has 2 aromatic carbocycles. The zero-order valence-electron chi connectivity index (χ0n) is 13.4. The fourth-order valence-corrected chi connectivity index (χ4v) is 5.21. The molecule has 0 aliphatic heterocycles. The van der Waals surface area contributed by atoms with E-state index in [1.807, 2.05) is 0 Å². The molecule has 0 amide bonds. The van der Waals surface area contributed by atoms with Crippen molar-refractivity contribution >= 4 is 44.6 Å². The number of aromatic carboxylic acids is 1. The number of aromatic hydroxyl groups is 2. The molecule has 0 aliphatic rings. The lowest BCUT2D eigenvalue weighted by molar-refractivity contribution is 0.0694. The van der Waals surface area contributed by atoms with E-state index in [4.69, 9.17) is 16.7 Å². The first kappa shape index (κ1) is 19.0. The van der Waals surface area contributed by atoms with Crippen molar-refractivity contribution in [3.8, 4) is 21.9 Å². The van der Waals surface area contributed by atoms with E-state index in [9.17, 15) is 23.4 Å². The van der Waals surface area contributed by atoms with Gasteiger partial charge in [-0.2, -0.15) is 0 Å². The summed E-state index contributed by atoms with van der Waals surface area (Å²) in [6, 6.07) is 11.0. The summed E-state index contributed by atoms with van der Waals surface area (Å²) in [6.45, 7) is 0. The number of benzene rings is 2. The van der Waals surface area contributed by atoms with E-state index in [0.717, 1.165) is 23.5 Å². The largest absolute Gasteiger partial charge is 0.507 e. The Morgan fingerprint density at radius 2 is 1.74 bits per heavy atom. The molecule has 4 N–H and O–H groups in total. The number of thiophene rings is 1. The molecule has 0 saturated carbocycles. The van der Waals surface area contributed by atoms with Gasteiger partial charge in [-0.3, -0.25) is 4.72 Å². The molecule has 1 aromatic heterocycles. The van der Waals surface area contributed by atoms with Gasteiger partial charge in [-0.1, -0.05) is 23.7 Å². The van der Waals surface area contributed by atoms with Crippen LogP contribution in [0.15, 0.2) is 52.7 Å². The number of phenols is 2. The molecule has 0 atom stereocenters. The molecular weight excluding hydrogens is 414 g/mol. The van der Waals surface area contributed by atoms with Crippen LogP contribution >= 0.6 is 22.9 Å². The second-order valence-electron chi connectivity index (χ2n) is 5.40. The molecular formula is C17H12ClNO6S2. The number of halogens is 1. The maximum absolute atomic E-state index is 12.6. The molecule has 0 saturated heterocycles. The minimum Gasteiger partial charge on any atom is -0.507 e. The lowest BCUT2D eigenvalue weighted by atomic mass is 10.2. The fourth-order valence-electron chi connectivity index (χ4n) is 2.31. The van der Waals surface area contributed by atoms with Gasteiger partial charge in [-0.05, 0) is 30.3 Å². The number of carboxylic acid groups (broad SMARTS) is 1. The molecule has 3 aromatic rings. The molecule has 10 heteroatoms. The van der Waals surface area contributed by atoms with E-state index in [1.54, 1.807) is 18.2 Å². The SMILES string of the molecule is O=C(O)c1ccc(NS(=O)(=O)c2cc(Cl)c(-c3ccccc3O)s2)cc1O. The van der Waals surface area contributed by atoms with E-state index in [1.165, 1.54) is 18.2 Å². The Morgan fingerprint density at radius 3 is 2.37 bits per heavy atom. The average molecular weight is 426 g/mol. The van der Waals surface area contributed by atoms with Crippen LogP contribution in [0.4, 0.5) is 5.69 Å². The van der Waals surface area contributed by atoms with Crippen molar-refractivity contribution in [2.75, 3.05) is 4.72 Å². The Hall–Kier alpha value is -2.75. The van der Waals surface area contributed by atoms with Crippen molar-refractivity contribution in [1.29, 1.82) is 0 Å². The van der Waals surface area contributed by atoms with E-state index in [0.29, 0.717) is 10.4 Å². The maximum atomic E-state index is 12.6. The highest BCUT2D eigenvalue weighted by atomic mass is 35.5. The van der Waals surface area contributed by atoms with E-state index < -0.39 is 21.7 Å². The number of carbonyl (C=O) groups is 1. The first-order valence-corrected chi connectivity index (χ1v) is 10.0. The number of para-hydroxylation sites is 1. The van der Waals surface area contributed by atoms with Crippen LogP contribution in [0.3, 0.4) is 0 Å². The number of hydrogen-bond donors (Lipinski definition) is 4. The van der Waals surface area contributed by atoms with Crippen LogP contribution in [0.1, 0.15) is 10.4 Å². The average Bonchev–Trinajstić information content (AvgIpc) is 2.97. The topological polar surface area (TPSA) is 124 Å². The normalized spacial score (nSPS) is 11.3. The third-order valence-corrected chi connectivity index (χ3v) is 6.99. The molecule has 0 spiro atoms. The third-order valence-electron chi connectivity index (χ3n) is 3.56. The number of rotatable bonds is 5. The zero-order chi connectivity index (χ0) is 19.8. The van der Waals surface area contributed by atoms with Crippen LogP contribution in [0.25, 0.3) is 10.4 Å². The van der Waals surface area contributed by atoms with Gasteiger partial charge in [0.05, 0.1) is 15.6 Å². The summed E-state index contributed by atoms with van der Waals surface area (Å²) in [7, 11) is -4.04. The summed E-state index contributed by atoms with van der Waals surface area (Å²) in [5.41, 5.74) is 0.0440. The van der Waals surface area contributed by atoms with Crippen LogP contribution in [-0.2, 0) is 10.0 Å². The molecule has 7 nitrogen and oxygen atoms in total. The molecule has 0 radical (unpaired) electrons. The number of carboxylic acids is 1. The summed E-state index contributed by atoms with van der Waals surface area (Å²) in [5.74, 6) is -1.94. The quantitative estimate of drug-likeness (QED) is 0.490. The second kappa shape index (κ2) is 7.10. The zero-order valence-corrected chi connectivity index (χ0v) is 15.8. The van der Waals surface area contributed by atoms with Gasteiger partial charge in [-0.25, -0.2) is 13.2 Å². The second-order valence-corrected chi connectivity index (χ2v) is 8.77. The van der Waals surface area contributed by atoms with Crippen LogP contribution in [0.2, 0.25) is 5.02 Å². The highest BCUT2D eigenvalue weighted by Crippen LogP contribution is 2.42. The standard InChI is InChI=1S/C17H12ClNO6S2/c18-12-8-15(26-16(12)10-3-1-2-4-13(10)20)27(24,25)19-9-5-6-11(17(22)23)14(21)7-9/h1-8,19-21H,(H,22,23). The lowest BCUT2D eigenvalue weighted by Crippen LogP contribution is -2.11. The van der Waals surface area contributed by atoms with Crippen LogP contribution in [0.5, 0.6) is 11.5 Å². The van der Waals surface area contributed by atoms with E-state index >= 15 is 0 Å². The van der Waals surface area contributed by atoms with E-state index in [2.05, 4.69) is 4.72 Å². The van der Waals surface area contributed by atoms with Gasteiger partial charge in [-0.15, -0.1) is 11.3 Å². The van der Waals surface area contributed by atoms with Crippen molar-refractivity contribution in [3.63, 3.8) is 0 Å². The molecule has 0 fully saturated rings. The Labute approximate surface area is 163 Å². The first-order chi connectivity index (χ1) is 12.7. The molecule has 0 unspecified atom stereocenters. The van der Waals surface area contributed by atoms with E-state index in [-0.39, 0.29) is 26.2 Å². The third kappa shape index (κ3) is 3.85. The summed E-state index contributed by atoms with van der Waals surface area (Å²) in [5, 5.41) is 28.7. The van der Waals surface area contributed by atoms with Gasteiger partial charge < -0.3 is 15.3 Å². The molecule has 0 aliphatic carbocycles. The summed E-state index contributed by atoms with van der Waals surface area (Å²) in [6.07, 6.45) is 0. The predicted molar refractivity (Wildman–Crippen MR) is 102 cm³/mol. The van der Waals surface area contributed by atoms with Crippen molar-refractivity contribution in [2.24, 2.45) is 0 Å². The van der Waals surface area contributed by atoms with Gasteiger partial charge in [0.2, 0.25) is 0 Å². The molecule has 27 heavy (non-hydrogen) atoms. The van der Waals surface area contributed by atoms with Gasteiger partial charge >= 0.3 is 5.97 Å². The number of phenolic OH excluding ortho intramolecular Hbond substituents is 1. The summed E-state index contributed by atoms with van der Waals surface area (Å²) < 4.78 is 27.3. The molecule has 3 rings (SSSR count). The van der Waals surface area contributed by atoms with Gasteiger partial charge in [0.25, 0.3) is 10.0 Å². The summed E-state index contributed by atoms with van der Waals surface area (Å²) >= 11 is 7.01. The molecule has 0 bridgehead atoms. The Kier molecular flexibility index (Phi) is 5.01. The van der Waals surface area contributed by atoms with Gasteiger partial charge in [0.15, 0.2) is 0 Å². The number of hydrogen-bond acceptors (Lipinski definition) is 6. The highest BCUT2D eigenvalue weighted by Gasteiger charge is 2.22. The number of nitrogens with one attached hydrogen (secondary N) is 1. The minimum atomic E-state index is -4.04. The molecule has 1 heterocycles. The number of sulfonamides is 1. The Balaban J connectivity index is 1.95. The smallest absolute Gasteiger partial charge is 0.339 e. The Morgan fingerprint density at radius 1 is 1.04 bits per heavy atom. The van der Waals surface area contributed by atoms with Crippen molar-refractivity contribution in [3.05, 3.63) is 59.1 Å². The fraction of sp³-hybridized carbons (Fsp3) is 0. The van der Waals surface area contributed by atoms with Crippen LogP contribution in [0, 0.1) is 0 Å². The van der Waals surface area contributed by atoms with Gasteiger partial charge in [0.1, 0.15) is 21.3 Å².